The number of H-pyrrole nitrogens is 1. The Labute approximate surface area is 218 Å². The summed E-state index contributed by atoms with van der Waals surface area (Å²) in [5.74, 6) is 1.09. The van der Waals surface area contributed by atoms with Gasteiger partial charge in [-0.25, -0.2) is 0 Å². The van der Waals surface area contributed by atoms with E-state index in [0.717, 1.165) is 0 Å². The van der Waals surface area contributed by atoms with Gasteiger partial charge in [0.2, 0.25) is 0 Å². The molecule has 0 fully saturated rings. The number of rotatable bonds is 9. The smallest absolute Gasteiger partial charge is 0.256 e. The second-order valence-electron chi connectivity index (χ2n) is 8.75. The summed E-state index contributed by atoms with van der Waals surface area (Å²) >= 11 is 0. The number of hydrogen-bond donors (Lipinski definition) is 3. The first-order valence-electron chi connectivity index (χ1n) is 11.9. The molecule has 1 unspecified atom stereocenters. The molecule has 1 aliphatic rings. The number of anilines is 2. The number of para-hydroxylation sites is 1. The highest BCUT2D eigenvalue weighted by Crippen LogP contribution is 2.40. The van der Waals surface area contributed by atoms with Gasteiger partial charge in [-0.05, 0) is 55.5 Å². The number of fused-ring (bicyclic) bond motifs is 1. The summed E-state index contributed by atoms with van der Waals surface area (Å²) in [7, 11) is 0. The lowest BCUT2D eigenvalue weighted by molar-refractivity contribution is -0.120. The summed E-state index contributed by atoms with van der Waals surface area (Å²) in [4.78, 5) is 38.6. The maximum absolute atomic E-state index is 13.0. The number of Topliss-reactive ketones (excluding diaryl/α,β-unsaturated/α-hetero) is 1. The summed E-state index contributed by atoms with van der Waals surface area (Å²) < 4.78 is 11.2. The molecule has 4 N–H and O–H groups in total. The van der Waals surface area contributed by atoms with Crippen molar-refractivity contribution in [2.75, 3.05) is 16.8 Å². The van der Waals surface area contributed by atoms with Gasteiger partial charge in [-0.2, -0.15) is 5.10 Å². The van der Waals surface area contributed by atoms with E-state index in [4.69, 9.17) is 15.2 Å². The number of ketones is 1. The molecule has 1 aromatic heterocycles. The Morgan fingerprint density at radius 2 is 1.71 bits per heavy atom. The standard InChI is InChI=1S/C28H25N5O5/c1-17(34)26-25-23(15-33(26)19-6-5-9-22(14-19)37-16-24(29)35)27(32-31-25)30-28(36)18-10-12-21(13-11-18)38-20-7-3-2-4-8-20/h2-14,26H,15-16H2,1H3,(H2,29,35)(H2,30,31,32,36). The van der Waals surface area contributed by atoms with Crippen molar-refractivity contribution in [2.24, 2.45) is 5.73 Å². The topological polar surface area (TPSA) is 140 Å². The third kappa shape index (κ3) is 5.19. The zero-order valence-electron chi connectivity index (χ0n) is 20.5. The molecule has 10 nitrogen and oxygen atoms in total. The molecule has 1 atom stereocenters. The molecule has 3 aromatic carbocycles. The Hall–Kier alpha value is -5.12. The van der Waals surface area contributed by atoms with E-state index in [1.54, 1.807) is 42.5 Å². The van der Waals surface area contributed by atoms with Crippen molar-refractivity contribution in [2.45, 2.75) is 19.5 Å². The van der Waals surface area contributed by atoms with Gasteiger partial charge in [-0.1, -0.05) is 24.3 Å². The Morgan fingerprint density at radius 3 is 2.42 bits per heavy atom. The monoisotopic (exact) mass is 511 g/mol. The molecule has 0 aliphatic carbocycles. The Balaban J connectivity index is 1.32. The minimum atomic E-state index is -0.621. The van der Waals surface area contributed by atoms with Crippen molar-refractivity contribution < 1.29 is 23.9 Å². The Morgan fingerprint density at radius 1 is 1.00 bits per heavy atom. The molecule has 0 bridgehead atoms. The first kappa shape index (κ1) is 24.6. The number of nitrogens with two attached hydrogens (primary N) is 1. The van der Waals surface area contributed by atoms with Gasteiger partial charge in [0.25, 0.3) is 11.8 Å². The minimum absolute atomic E-state index is 0.0947. The molecule has 10 heteroatoms. The molecule has 4 aromatic rings. The van der Waals surface area contributed by atoms with Crippen LogP contribution in [0.25, 0.3) is 0 Å². The lowest BCUT2D eigenvalue weighted by Gasteiger charge is -2.25. The SMILES string of the molecule is CC(=O)C1c2[nH]nc(NC(=O)c3ccc(Oc4ccccc4)cc3)c2CN1c1cccc(OCC(N)=O)c1. The number of benzene rings is 3. The van der Waals surface area contributed by atoms with E-state index < -0.39 is 11.9 Å². The van der Waals surface area contributed by atoms with Crippen LogP contribution in [0.4, 0.5) is 11.5 Å². The van der Waals surface area contributed by atoms with Gasteiger partial charge in [0, 0.05) is 29.4 Å². The summed E-state index contributed by atoms with van der Waals surface area (Å²) in [5.41, 5.74) is 7.64. The third-order valence-corrected chi connectivity index (χ3v) is 6.06. The number of aromatic amines is 1. The van der Waals surface area contributed by atoms with Gasteiger partial charge in [-0.15, -0.1) is 0 Å². The molecule has 0 radical (unpaired) electrons. The fourth-order valence-electron chi connectivity index (χ4n) is 4.33. The van der Waals surface area contributed by atoms with Crippen LogP contribution >= 0.6 is 0 Å². The highest BCUT2D eigenvalue weighted by molar-refractivity contribution is 6.04. The molecular formula is C28H25N5O5. The van der Waals surface area contributed by atoms with Gasteiger partial charge < -0.3 is 25.4 Å². The molecule has 0 saturated heterocycles. The van der Waals surface area contributed by atoms with Crippen molar-refractivity contribution in [1.29, 1.82) is 0 Å². The molecule has 38 heavy (non-hydrogen) atoms. The van der Waals surface area contributed by atoms with Gasteiger partial charge in [-0.3, -0.25) is 19.5 Å². The predicted molar refractivity (Wildman–Crippen MR) is 140 cm³/mol. The van der Waals surface area contributed by atoms with Crippen LogP contribution in [-0.2, 0) is 16.1 Å². The van der Waals surface area contributed by atoms with Crippen LogP contribution in [0.3, 0.4) is 0 Å². The van der Waals surface area contributed by atoms with Crippen LogP contribution in [0.1, 0.15) is 34.6 Å². The van der Waals surface area contributed by atoms with Gasteiger partial charge in [0.15, 0.2) is 18.2 Å². The average molecular weight is 512 g/mol. The second-order valence-corrected chi connectivity index (χ2v) is 8.75. The van der Waals surface area contributed by atoms with Crippen LogP contribution < -0.4 is 25.4 Å². The van der Waals surface area contributed by atoms with Crippen molar-refractivity contribution >= 4 is 29.1 Å². The van der Waals surface area contributed by atoms with Crippen LogP contribution in [0.2, 0.25) is 0 Å². The molecule has 2 amide bonds. The molecular weight excluding hydrogens is 486 g/mol. The summed E-state index contributed by atoms with van der Waals surface area (Å²) in [6, 6.07) is 22.6. The number of nitrogens with zero attached hydrogens (tertiary/aromatic N) is 2. The summed E-state index contributed by atoms with van der Waals surface area (Å²) in [6.07, 6.45) is 0. The van der Waals surface area contributed by atoms with Gasteiger partial charge in [0.05, 0.1) is 5.69 Å². The molecule has 1 aliphatic heterocycles. The number of aromatic nitrogens is 2. The van der Waals surface area contributed by atoms with Crippen LogP contribution in [-0.4, -0.2) is 34.4 Å². The number of carbonyl (C=O) groups excluding carboxylic acids is 3. The van der Waals surface area contributed by atoms with Crippen LogP contribution in [0.5, 0.6) is 17.2 Å². The number of carbonyl (C=O) groups is 3. The van der Waals surface area contributed by atoms with Gasteiger partial charge in [0.1, 0.15) is 23.3 Å². The van der Waals surface area contributed by atoms with E-state index in [2.05, 4.69) is 15.5 Å². The number of hydrogen-bond acceptors (Lipinski definition) is 7. The minimum Gasteiger partial charge on any atom is -0.484 e. The van der Waals surface area contributed by atoms with Crippen molar-refractivity contribution in [3.8, 4) is 17.2 Å². The number of amides is 2. The first-order valence-corrected chi connectivity index (χ1v) is 11.9. The van der Waals surface area contributed by atoms with Crippen molar-refractivity contribution in [3.63, 3.8) is 0 Å². The van der Waals surface area contributed by atoms with E-state index in [1.165, 1.54) is 6.92 Å². The molecule has 0 spiro atoms. The lowest BCUT2D eigenvalue weighted by Crippen LogP contribution is -2.27. The fourth-order valence-corrected chi connectivity index (χ4v) is 4.33. The third-order valence-electron chi connectivity index (χ3n) is 6.06. The van der Waals surface area contributed by atoms with Crippen LogP contribution in [0.15, 0.2) is 78.9 Å². The van der Waals surface area contributed by atoms with Crippen LogP contribution in [0, 0.1) is 0 Å². The lowest BCUT2D eigenvalue weighted by atomic mass is 10.1. The summed E-state index contributed by atoms with van der Waals surface area (Å²) in [5, 5.41) is 10.0. The summed E-state index contributed by atoms with van der Waals surface area (Å²) in [6.45, 7) is 1.57. The molecule has 5 rings (SSSR count). The van der Waals surface area contributed by atoms with E-state index in [0.29, 0.717) is 52.1 Å². The quantitative estimate of drug-likeness (QED) is 0.309. The van der Waals surface area contributed by atoms with Gasteiger partial charge >= 0.3 is 0 Å². The zero-order chi connectivity index (χ0) is 26.6. The average Bonchev–Trinajstić information content (AvgIpc) is 3.48. The van der Waals surface area contributed by atoms with Crippen molar-refractivity contribution in [3.05, 3.63) is 95.7 Å². The first-order chi connectivity index (χ1) is 18.4. The molecule has 2 heterocycles. The predicted octanol–water partition coefficient (Wildman–Crippen LogP) is 3.97. The van der Waals surface area contributed by atoms with E-state index >= 15 is 0 Å². The number of nitrogens with one attached hydrogen (secondary N) is 2. The number of primary amides is 1. The zero-order valence-corrected chi connectivity index (χ0v) is 20.5. The molecule has 0 saturated carbocycles. The van der Waals surface area contributed by atoms with Crippen molar-refractivity contribution in [1.82, 2.24) is 10.2 Å². The normalized spacial score (nSPS) is 14.0. The largest absolute Gasteiger partial charge is 0.484 e. The number of ether oxygens (including phenoxy) is 2. The highest BCUT2D eigenvalue weighted by Gasteiger charge is 2.38. The Bertz CT molecular complexity index is 1480. The van der Waals surface area contributed by atoms with E-state index in [9.17, 15) is 14.4 Å². The fraction of sp³-hybridized carbons (Fsp3) is 0.143. The van der Waals surface area contributed by atoms with E-state index in [1.807, 2.05) is 41.3 Å². The maximum Gasteiger partial charge on any atom is 0.256 e. The second kappa shape index (κ2) is 10.5. The Kier molecular flexibility index (Phi) is 6.77. The highest BCUT2D eigenvalue weighted by atomic mass is 16.5. The van der Waals surface area contributed by atoms with E-state index in [-0.39, 0.29) is 18.3 Å². The molecule has 192 valence electrons. The maximum atomic E-state index is 13.0.